The molecule has 0 aliphatic heterocycles. The molecule has 7 heteroatoms. The van der Waals surface area contributed by atoms with Gasteiger partial charge in [0.25, 0.3) is 11.8 Å². The Bertz CT molecular complexity index is 993. The summed E-state index contributed by atoms with van der Waals surface area (Å²) in [6.45, 7) is -0.127. The molecule has 0 bridgehead atoms. The lowest BCUT2D eigenvalue weighted by Gasteiger charge is -2.10. The standard InChI is InChI=1S/C21H16BrClN2O3/c22-14-8-10-17(11-9-14)28-13-20(26)24-15-4-3-5-16(12-15)25-21(27)18-6-1-2-7-19(18)23/h1-12H,13H2,(H,24,26)(H,25,27). The number of amides is 2. The average Bonchev–Trinajstić information content (AvgIpc) is 2.68. The van der Waals surface area contributed by atoms with Gasteiger partial charge in [0.1, 0.15) is 5.75 Å². The SMILES string of the molecule is O=C(COc1ccc(Br)cc1)Nc1cccc(NC(=O)c2ccccc2Cl)c1. The van der Waals surface area contributed by atoms with Crippen LogP contribution in [0.15, 0.2) is 77.3 Å². The summed E-state index contributed by atoms with van der Waals surface area (Å²) >= 11 is 9.39. The first kappa shape index (κ1) is 19.9. The molecule has 0 fully saturated rings. The molecule has 0 spiro atoms. The molecule has 2 amide bonds. The van der Waals surface area contributed by atoms with Crippen LogP contribution in [-0.2, 0) is 4.79 Å². The molecule has 28 heavy (non-hydrogen) atoms. The zero-order valence-corrected chi connectivity index (χ0v) is 17.0. The highest BCUT2D eigenvalue weighted by Gasteiger charge is 2.10. The minimum atomic E-state index is -0.326. The number of hydrogen-bond acceptors (Lipinski definition) is 3. The highest BCUT2D eigenvalue weighted by molar-refractivity contribution is 9.10. The van der Waals surface area contributed by atoms with Crippen LogP contribution in [0, 0.1) is 0 Å². The van der Waals surface area contributed by atoms with Crippen LogP contribution in [-0.4, -0.2) is 18.4 Å². The predicted octanol–water partition coefficient (Wildman–Crippen LogP) is 5.37. The molecule has 0 radical (unpaired) electrons. The van der Waals surface area contributed by atoms with Gasteiger partial charge in [-0.15, -0.1) is 0 Å². The van der Waals surface area contributed by atoms with Gasteiger partial charge < -0.3 is 15.4 Å². The number of carbonyl (C=O) groups is 2. The van der Waals surface area contributed by atoms with Crippen molar-refractivity contribution in [1.29, 1.82) is 0 Å². The molecule has 5 nitrogen and oxygen atoms in total. The molecular formula is C21H16BrClN2O3. The molecule has 0 atom stereocenters. The Balaban J connectivity index is 1.58. The van der Waals surface area contributed by atoms with Gasteiger partial charge in [0.15, 0.2) is 6.61 Å². The van der Waals surface area contributed by atoms with E-state index in [4.69, 9.17) is 16.3 Å². The van der Waals surface area contributed by atoms with E-state index in [-0.39, 0.29) is 18.4 Å². The van der Waals surface area contributed by atoms with Crippen molar-refractivity contribution in [3.8, 4) is 5.75 Å². The van der Waals surface area contributed by atoms with E-state index in [1.807, 2.05) is 12.1 Å². The molecule has 2 N–H and O–H groups in total. The monoisotopic (exact) mass is 458 g/mol. The topological polar surface area (TPSA) is 67.4 Å². The lowest BCUT2D eigenvalue weighted by Crippen LogP contribution is -2.20. The maximum Gasteiger partial charge on any atom is 0.262 e. The van der Waals surface area contributed by atoms with Crippen LogP contribution in [0.2, 0.25) is 5.02 Å². The molecule has 0 aliphatic rings. The van der Waals surface area contributed by atoms with Crippen LogP contribution in [0.5, 0.6) is 5.75 Å². The number of benzene rings is 3. The third-order valence-corrected chi connectivity index (χ3v) is 4.56. The average molecular weight is 460 g/mol. The molecule has 3 rings (SSSR count). The summed E-state index contributed by atoms with van der Waals surface area (Å²) < 4.78 is 6.37. The van der Waals surface area contributed by atoms with Gasteiger partial charge in [0, 0.05) is 15.8 Å². The minimum absolute atomic E-state index is 0.127. The van der Waals surface area contributed by atoms with Gasteiger partial charge in [-0.2, -0.15) is 0 Å². The Morgan fingerprint density at radius 1 is 0.893 bits per heavy atom. The molecule has 0 aromatic heterocycles. The summed E-state index contributed by atoms with van der Waals surface area (Å²) in [6.07, 6.45) is 0. The highest BCUT2D eigenvalue weighted by atomic mass is 79.9. The minimum Gasteiger partial charge on any atom is -0.484 e. The number of anilines is 2. The maximum atomic E-state index is 12.3. The summed E-state index contributed by atoms with van der Waals surface area (Å²) in [4.78, 5) is 24.4. The van der Waals surface area contributed by atoms with Crippen molar-refractivity contribution < 1.29 is 14.3 Å². The van der Waals surface area contributed by atoms with E-state index >= 15 is 0 Å². The number of halogens is 2. The van der Waals surface area contributed by atoms with Gasteiger partial charge in [0.2, 0.25) is 0 Å². The molecule has 0 heterocycles. The fourth-order valence-electron chi connectivity index (χ4n) is 2.40. The molecule has 142 valence electrons. The quantitative estimate of drug-likeness (QED) is 0.520. The third kappa shape index (κ3) is 5.58. The van der Waals surface area contributed by atoms with Crippen molar-refractivity contribution in [2.75, 3.05) is 17.2 Å². The zero-order valence-electron chi connectivity index (χ0n) is 14.6. The van der Waals surface area contributed by atoms with Crippen LogP contribution < -0.4 is 15.4 Å². The van der Waals surface area contributed by atoms with Crippen molar-refractivity contribution in [3.05, 3.63) is 87.9 Å². The van der Waals surface area contributed by atoms with E-state index in [0.29, 0.717) is 27.7 Å². The highest BCUT2D eigenvalue weighted by Crippen LogP contribution is 2.20. The molecule has 3 aromatic rings. The molecule has 0 aliphatic carbocycles. The fourth-order valence-corrected chi connectivity index (χ4v) is 2.88. The molecular weight excluding hydrogens is 444 g/mol. The van der Waals surface area contributed by atoms with Gasteiger partial charge in [-0.3, -0.25) is 9.59 Å². The second kappa shape index (κ2) is 9.39. The summed E-state index contributed by atoms with van der Waals surface area (Å²) in [5, 5.41) is 5.87. The van der Waals surface area contributed by atoms with Crippen LogP contribution in [0.25, 0.3) is 0 Å². The van der Waals surface area contributed by atoms with Crippen molar-refractivity contribution in [1.82, 2.24) is 0 Å². The first-order valence-electron chi connectivity index (χ1n) is 8.35. The van der Waals surface area contributed by atoms with Gasteiger partial charge in [-0.25, -0.2) is 0 Å². The Hall–Kier alpha value is -2.83. The normalized spacial score (nSPS) is 10.2. The summed E-state index contributed by atoms with van der Waals surface area (Å²) in [6, 6.07) is 20.8. The van der Waals surface area contributed by atoms with E-state index in [1.165, 1.54) is 0 Å². The summed E-state index contributed by atoms with van der Waals surface area (Å²) in [7, 11) is 0. The number of ether oxygens (including phenoxy) is 1. The number of rotatable bonds is 6. The van der Waals surface area contributed by atoms with Gasteiger partial charge in [0.05, 0.1) is 10.6 Å². The van der Waals surface area contributed by atoms with Crippen LogP contribution >= 0.6 is 27.5 Å². The smallest absolute Gasteiger partial charge is 0.262 e. The van der Waals surface area contributed by atoms with E-state index < -0.39 is 0 Å². The Morgan fingerprint density at radius 3 is 2.29 bits per heavy atom. The molecule has 0 saturated heterocycles. The lowest BCUT2D eigenvalue weighted by atomic mass is 10.2. The first-order valence-corrected chi connectivity index (χ1v) is 9.52. The van der Waals surface area contributed by atoms with E-state index in [9.17, 15) is 9.59 Å². The summed E-state index contributed by atoms with van der Waals surface area (Å²) in [5.41, 5.74) is 1.46. The van der Waals surface area contributed by atoms with Crippen molar-refractivity contribution >= 4 is 50.7 Å². The molecule has 3 aromatic carbocycles. The molecule has 0 unspecified atom stereocenters. The Kier molecular flexibility index (Phi) is 6.68. The van der Waals surface area contributed by atoms with Gasteiger partial charge in [-0.05, 0) is 54.6 Å². The number of carbonyl (C=O) groups excluding carboxylic acids is 2. The zero-order chi connectivity index (χ0) is 19.9. The van der Waals surface area contributed by atoms with E-state index in [0.717, 1.165) is 4.47 Å². The first-order chi connectivity index (χ1) is 13.5. The van der Waals surface area contributed by atoms with Gasteiger partial charge >= 0.3 is 0 Å². The van der Waals surface area contributed by atoms with E-state index in [1.54, 1.807) is 60.7 Å². The van der Waals surface area contributed by atoms with E-state index in [2.05, 4.69) is 26.6 Å². The molecule has 0 saturated carbocycles. The fraction of sp³-hybridized carbons (Fsp3) is 0.0476. The van der Waals surface area contributed by atoms with Crippen molar-refractivity contribution in [2.45, 2.75) is 0 Å². The second-order valence-corrected chi connectivity index (χ2v) is 7.13. The number of nitrogens with one attached hydrogen (secondary N) is 2. The predicted molar refractivity (Wildman–Crippen MR) is 114 cm³/mol. The van der Waals surface area contributed by atoms with Crippen molar-refractivity contribution in [2.24, 2.45) is 0 Å². The van der Waals surface area contributed by atoms with Crippen LogP contribution in [0.4, 0.5) is 11.4 Å². The Labute approximate surface area is 175 Å². The van der Waals surface area contributed by atoms with Crippen molar-refractivity contribution in [3.63, 3.8) is 0 Å². The third-order valence-electron chi connectivity index (χ3n) is 3.71. The van der Waals surface area contributed by atoms with Gasteiger partial charge in [-0.1, -0.05) is 45.7 Å². The van der Waals surface area contributed by atoms with Crippen LogP contribution in [0.1, 0.15) is 10.4 Å². The second-order valence-electron chi connectivity index (χ2n) is 5.81. The largest absolute Gasteiger partial charge is 0.484 e. The van der Waals surface area contributed by atoms with Crippen LogP contribution in [0.3, 0.4) is 0 Å². The maximum absolute atomic E-state index is 12.3. The lowest BCUT2D eigenvalue weighted by molar-refractivity contribution is -0.118. The number of hydrogen-bond donors (Lipinski definition) is 2. The Morgan fingerprint density at radius 2 is 1.57 bits per heavy atom. The summed E-state index contributed by atoms with van der Waals surface area (Å²) in [5.74, 6) is -0.0377.